The van der Waals surface area contributed by atoms with E-state index in [4.69, 9.17) is 4.74 Å². The third-order valence-electron chi connectivity index (χ3n) is 2.67. The highest BCUT2D eigenvalue weighted by molar-refractivity contribution is 4.70. The van der Waals surface area contributed by atoms with Crippen LogP contribution in [0.4, 0.5) is 0 Å². The van der Waals surface area contributed by atoms with Crippen molar-refractivity contribution in [3.05, 3.63) is 0 Å². The van der Waals surface area contributed by atoms with Crippen molar-refractivity contribution >= 4 is 0 Å². The standard InChI is InChI=1S/C12H27N3O/c1-12(2,3)14-5-4-13-6-7-15-8-10-16-11-9-15/h13-14H,4-11H2,1-3H3. The molecule has 0 aromatic carbocycles. The van der Waals surface area contributed by atoms with E-state index in [-0.39, 0.29) is 5.54 Å². The first-order valence-corrected chi connectivity index (χ1v) is 6.34. The zero-order valence-electron chi connectivity index (χ0n) is 11.0. The zero-order valence-corrected chi connectivity index (χ0v) is 11.0. The summed E-state index contributed by atoms with van der Waals surface area (Å²) in [6.07, 6.45) is 0. The lowest BCUT2D eigenvalue weighted by atomic mass is 10.1. The van der Waals surface area contributed by atoms with Gasteiger partial charge in [-0.3, -0.25) is 4.90 Å². The van der Waals surface area contributed by atoms with Crippen molar-refractivity contribution in [3.63, 3.8) is 0 Å². The summed E-state index contributed by atoms with van der Waals surface area (Å²) in [4.78, 5) is 2.45. The molecule has 0 saturated carbocycles. The van der Waals surface area contributed by atoms with Gasteiger partial charge < -0.3 is 15.4 Å². The zero-order chi connectivity index (χ0) is 11.9. The van der Waals surface area contributed by atoms with Gasteiger partial charge in [0.25, 0.3) is 0 Å². The molecule has 16 heavy (non-hydrogen) atoms. The van der Waals surface area contributed by atoms with Gasteiger partial charge in [0.2, 0.25) is 0 Å². The highest BCUT2D eigenvalue weighted by Gasteiger charge is 2.09. The van der Waals surface area contributed by atoms with Crippen LogP contribution in [0.15, 0.2) is 0 Å². The molecule has 1 heterocycles. The smallest absolute Gasteiger partial charge is 0.0594 e. The minimum Gasteiger partial charge on any atom is -0.379 e. The second-order valence-corrected chi connectivity index (χ2v) is 5.38. The second-order valence-electron chi connectivity index (χ2n) is 5.38. The van der Waals surface area contributed by atoms with E-state index in [0.29, 0.717) is 0 Å². The number of ether oxygens (including phenoxy) is 1. The van der Waals surface area contributed by atoms with Crippen molar-refractivity contribution in [1.29, 1.82) is 0 Å². The summed E-state index contributed by atoms with van der Waals surface area (Å²) in [5, 5.41) is 6.92. The molecule has 2 N–H and O–H groups in total. The van der Waals surface area contributed by atoms with Crippen molar-refractivity contribution in [2.24, 2.45) is 0 Å². The number of morpholine rings is 1. The van der Waals surface area contributed by atoms with Crippen LogP contribution < -0.4 is 10.6 Å². The van der Waals surface area contributed by atoms with Crippen LogP contribution in [-0.2, 0) is 4.74 Å². The number of rotatable bonds is 6. The van der Waals surface area contributed by atoms with Crippen LogP contribution in [0.25, 0.3) is 0 Å². The van der Waals surface area contributed by atoms with E-state index in [1.807, 2.05) is 0 Å². The molecule has 1 rings (SSSR count). The topological polar surface area (TPSA) is 36.5 Å². The Balaban J connectivity index is 1.87. The molecule has 1 saturated heterocycles. The summed E-state index contributed by atoms with van der Waals surface area (Å²) < 4.78 is 5.31. The molecule has 0 aromatic heterocycles. The minimum absolute atomic E-state index is 0.228. The van der Waals surface area contributed by atoms with Gasteiger partial charge in [0.05, 0.1) is 13.2 Å². The summed E-state index contributed by atoms with van der Waals surface area (Å²) in [5.74, 6) is 0. The Labute approximate surface area is 99.7 Å². The van der Waals surface area contributed by atoms with Gasteiger partial charge in [0, 0.05) is 44.8 Å². The molecule has 1 fully saturated rings. The largest absolute Gasteiger partial charge is 0.379 e. The highest BCUT2D eigenvalue weighted by atomic mass is 16.5. The van der Waals surface area contributed by atoms with E-state index in [1.165, 1.54) is 0 Å². The van der Waals surface area contributed by atoms with Crippen molar-refractivity contribution in [3.8, 4) is 0 Å². The molecule has 1 aliphatic rings. The van der Waals surface area contributed by atoms with Crippen LogP contribution in [0.5, 0.6) is 0 Å². The molecular formula is C12H27N3O. The van der Waals surface area contributed by atoms with Crippen LogP contribution in [0.2, 0.25) is 0 Å². The molecule has 0 aliphatic carbocycles. The quantitative estimate of drug-likeness (QED) is 0.642. The third-order valence-corrected chi connectivity index (χ3v) is 2.67. The van der Waals surface area contributed by atoms with E-state index >= 15 is 0 Å². The maximum absolute atomic E-state index is 5.31. The first-order valence-electron chi connectivity index (χ1n) is 6.34. The van der Waals surface area contributed by atoms with Crippen molar-refractivity contribution in [2.45, 2.75) is 26.3 Å². The minimum atomic E-state index is 0.228. The van der Waals surface area contributed by atoms with E-state index in [1.54, 1.807) is 0 Å². The number of hydrogen-bond acceptors (Lipinski definition) is 4. The number of hydrogen-bond donors (Lipinski definition) is 2. The molecule has 4 nitrogen and oxygen atoms in total. The number of nitrogens with one attached hydrogen (secondary N) is 2. The molecule has 96 valence electrons. The molecule has 4 heteroatoms. The normalized spacial score (nSPS) is 18.9. The van der Waals surface area contributed by atoms with E-state index in [9.17, 15) is 0 Å². The molecule has 0 bridgehead atoms. The fourth-order valence-electron chi connectivity index (χ4n) is 1.71. The molecule has 0 amide bonds. The molecule has 1 aliphatic heterocycles. The van der Waals surface area contributed by atoms with Gasteiger partial charge in [0.1, 0.15) is 0 Å². The molecule has 0 spiro atoms. The molecule has 0 unspecified atom stereocenters. The SMILES string of the molecule is CC(C)(C)NCCNCCN1CCOCC1. The molecular weight excluding hydrogens is 202 g/mol. The van der Waals surface area contributed by atoms with Gasteiger partial charge in [-0.2, -0.15) is 0 Å². The van der Waals surface area contributed by atoms with Crippen LogP contribution >= 0.6 is 0 Å². The summed E-state index contributed by atoms with van der Waals surface area (Å²) >= 11 is 0. The Morgan fingerprint density at radius 1 is 1.06 bits per heavy atom. The van der Waals surface area contributed by atoms with Gasteiger partial charge in [-0.05, 0) is 20.8 Å². The van der Waals surface area contributed by atoms with Crippen molar-refractivity contribution in [1.82, 2.24) is 15.5 Å². The summed E-state index contributed by atoms with van der Waals surface area (Å²) in [6.45, 7) is 14.8. The van der Waals surface area contributed by atoms with Crippen molar-refractivity contribution in [2.75, 3.05) is 52.5 Å². The van der Waals surface area contributed by atoms with Crippen LogP contribution in [0, 0.1) is 0 Å². The lowest BCUT2D eigenvalue weighted by molar-refractivity contribution is 0.0384. The van der Waals surface area contributed by atoms with Crippen LogP contribution in [0.3, 0.4) is 0 Å². The van der Waals surface area contributed by atoms with Gasteiger partial charge in [-0.25, -0.2) is 0 Å². The monoisotopic (exact) mass is 229 g/mol. The molecule has 0 atom stereocenters. The average Bonchev–Trinajstić information content (AvgIpc) is 2.23. The Bertz CT molecular complexity index is 174. The van der Waals surface area contributed by atoms with E-state index < -0.39 is 0 Å². The first-order chi connectivity index (χ1) is 7.58. The predicted molar refractivity (Wildman–Crippen MR) is 67.9 cm³/mol. The molecule has 0 radical (unpaired) electrons. The Hall–Kier alpha value is -0.160. The fraction of sp³-hybridized carbons (Fsp3) is 1.00. The Morgan fingerprint density at radius 2 is 1.75 bits per heavy atom. The maximum Gasteiger partial charge on any atom is 0.0594 e. The summed E-state index contributed by atoms with van der Waals surface area (Å²) in [5.41, 5.74) is 0.228. The van der Waals surface area contributed by atoms with E-state index in [2.05, 4.69) is 36.3 Å². The lowest BCUT2D eigenvalue weighted by Gasteiger charge is -2.26. The first kappa shape index (κ1) is 13.9. The predicted octanol–water partition coefficient (Wildman–Crippen LogP) is 0.296. The summed E-state index contributed by atoms with van der Waals surface area (Å²) in [7, 11) is 0. The number of nitrogens with zero attached hydrogens (tertiary/aromatic N) is 1. The van der Waals surface area contributed by atoms with Crippen molar-refractivity contribution < 1.29 is 4.74 Å². The summed E-state index contributed by atoms with van der Waals surface area (Å²) in [6, 6.07) is 0. The highest BCUT2D eigenvalue weighted by Crippen LogP contribution is 1.96. The maximum atomic E-state index is 5.31. The third kappa shape index (κ3) is 7.17. The second kappa shape index (κ2) is 7.22. The van der Waals surface area contributed by atoms with Gasteiger partial charge in [0.15, 0.2) is 0 Å². The average molecular weight is 229 g/mol. The van der Waals surface area contributed by atoms with Crippen LogP contribution in [0.1, 0.15) is 20.8 Å². The van der Waals surface area contributed by atoms with E-state index in [0.717, 1.165) is 52.5 Å². The Kier molecular flexibility index (Phi) is 6.28. The molecule has 0 aromatic rings. The Morgan fingerprint density at radius 3 is 2.38 bits per heavy atom. The van der Waals surface area contributed by atoms with Crippen LogP contribution in [-0.4, -0.2) is 62.9 Å². The van der Waals surface area contributed by atoms with Gasteiger partial charge in [-0.1, -0.05) is 0 Å². The van der Waals surface area contributed by atoms with Gasteiger partial charge >= 0.3 is 0 Å². The fourth-order valence-corrected chi connectivity index (χ4v) is 1.71. The lowest BCUT2D eigenvalue weighted by Crippen LogP contribution is -2.43. The van der Waals surface area contributed by atoms with Gasteiger partial charge in [-0.15, -0.1) is 0 Å².